The predicted molar refractivity (Wildman–Crippen MR) is 101 cm³/mol. The molecule has 0 radical (unpaired) electrons. The van der Waals surface area contributed by atoms with Gasteiger partial charge in [-0.15, -0.1) is 0 Å². The molecule has 1 amide bonds. The number of hydrogen-bond donors (Lipinski definition) is 1. The van der Waals surface area contributed by atoms with E-state index in [1.165, 1.54) is 11.6 Å². The zero-order chi connectivity index (χ0) is 18.1. The fraction of sp³-hybridized carbons (Fsp3) is 0.286. The number of methoxy groups -OCH3 is 1. The molecule has 0 fully saturated rings. The van der Waals surface area contributed by atoms with E-state index in [0.29, 0.717) is 19.1 Å². The molecular formula is C21H25NO3. The molecule has 0 unspecified atom stereocenters. The van der Waals surface area contributed by atoms with Gasteiger partial charge in [-0.25, -0.2) is 0 Å². The number of ether oxygens (including phenoxy) is 2. The molecule has 0 saturated carbocycles. The molecular weight excluding hydrogens is 314 g/mol. The van der Waals surface area contributed by atoms with Gasteiger partial charge in [0.05, 0.1) is 13.7 Å². The Balaban J connectivity index is 1.76. The molecule has 0 heterocycles. The second kappa shape index (κ2) is 9.52. The summed E-state index contributed by atoms with van der Waals surface area (Å²) in [5.74, 6) is 1.93. The van der Waals surface area contributed by atoms with E-state index in [9.17, 15) is 4.79 Å². The molecule has 132 valence electrons. The van der Waals surface area contributed by atoms with Crippen molar-refractivity contribution in [3.8, 4) is 11.5 Å². The van der Waals surface area contributed by atoms with Crippen LogP contribution in [-0.4, -0.2) is 26.2 Å². The third-order valence-electron chi connectivity index (χ3n) is 3.74. The number of carbonyl (C=O) groups excluding carboxylic acids is 1. The first kappa shape index (κ1) is 18.6. The highest BCUT2D eigenvalue weighted by Gasteiger charge is 2.06. The molecule has 0 aliphatic heterocycles. The van der Waals surface area contributed by atoms with Crippen molar-refractivity contribution >= 4 is 12.0 Å². The molecule has 0 spiro atoms. The topological polar surface area (TPSA) is 47.6 Å². The molecule has 2 aromatic rings. The summed E-state index contributed by atoms with van der Waals surface area (Å²) < 4.78 is 10.9. The SMILES string of the molecule is COc1ccc(/C=C/C(=O)NCCOc2ccccc2C(C)C)cc1. The van der Waals surface area contributed by atoms with E-state index >= 15 is 0 Å². The van der Waals surface area contributed by atoms with Crippen LogP contribution in [0.2, 0.25) is 0 Å². The number of amides is 1. The Labute approximate surface area is 149 Å². The largest absolute Gasteiger partial charge is 0.497 e. The van der Waals surface area contributed by atoms with Crippen LogP contribution in [0.25, 0.3) is 6.08 Å². The van der Waals surface area contributed by atoms with Crippen molar-refractivity contribution in [3.63, 3.8) is 0 Å². The average Bonchev–Trinajstić information content (AvgIpc) is 2.64. The van der Waals surface area contributed by atoms with Crippen LogP contribution in [0.4, 0.5) is 0 Å². The molecule has 1 N–H and O–H groups in total. The van der Waals surface area contributed by atoms with Crippen molar-refractivity contribution in [1.82, 2.24) is 5.32 Å². The Morgan fingerprint density at radius 3 is 2.52 bits per heavy atom. The molecule has 2 aromatic carbocycles. The fourth-order valence-corrected chi connectivity index (χ4v) is 2.37. The van der Waals surface area contributed by atoms with Gasteiger partial charge in [0.15, 0.2) is 0 Å². The quantitative estimate of drug-likeness (QED) is 0.583. The third kappa shape index (κ3) is 5.99. The monoisotopic (exact) mass is 339 g/mol. The van der Waals surface area contributed by atoms with Crippen LogP contribution in [0.3, 0.4) is 0 Å². The van der Waals surface area contributed by atoms with Gasteiger partial charge in [0.1, 0.15) is 18.1 Å². The van der Waals surface area contributed by atoms with Crippen molar-refractivity contribution in [2.24, 2.45) is 0 Å². The van der Waals surface area contributed by atoms with E-state index in [4.69, 9.17) is 9.47 Å². The van der Waals surface area contributed by atoms with E-state index in [1.807, 2.05) is 42.5 Å². The van der Waals surface area contributed by atoms with Gasteiger partial charge in [-0.1, -0.05) is 44.2 Å². The predicted octanol–water partition coefficient (Wildman–Crippen LogP) is 4.03. The molecule has 4 heteroatoms. The Morgan fingerprint density at radius 2 is 1.84 bits per heavy atom. The van der Waals surface area contributed by atoms with Gasteiger partial charge >= 0.3 is 0 Å². The van der Waals surface area contributed by atoms with Crippen LogP contribution in [-0.2, 0) is 4.79 Å². The summed E-state index contributed by atoms with van der Waals surface area (Å²) in [6.45, 7) is 5.16. The van der Waals surface area contributed by atoms with Crippen LogP contribution in [0.5, 0.6) is 11.5 Å². The van der Waals surface area contributed by atoms with Crippen molar-refractivity contribution < 1.29 is 14.3 Å². The van der Waals surface area contributed by atoms with Crippen molar-refractivity contribution in [3.05, 3.63) is 65.7 Å². The summed E-state index contributed by atoms with van der Waals surface area (Å²) in [5.41, 5.74) is 2.12. The first-order chi connectivity index (χ1) is 12.1. The van der Waals surface area contributed by atoms with Crippen LogP contribution in [0.1, 0.15) is 30.9 Å². The van der Waals surface area contributed by atoms with Gasteiger partial charge in [-0.2, -0.15) is 0 Å². The van der Waals surface area contributed by atoms with E-state index in [0.717, 1.165) is 17.1 Å². The van der Waals surface area contributed by atoms with Crippen LogP contribution < -0.4 is 14.8 Å². The maximum absolute atomic E-state index is 11.8. The van der Waals surface area contributed by atoms with Gasteiger partial charge in [0.25, 0.3) is 0 Å². The van der Waals surface area contributed by atoms with Crippen molar-refractivity contribution in [1.29, 1.82) is 0 Å². The van der Waals surface area contributed by atoms with E-state index in [1.54, 1.807) is 13.2 Å². The molecule has 25 heavy (non-hydrogen) atoms. The zero-order valence-electron chi connectivity index (χ0n) is 15.0. The maximum atomic E-state index is 11.8. The number of benzene rings is 2. The Morgan fingerprint density at radius 1 is 1.12 bits per heavy atom. The minimum atomic E-state index is -0.142. The lowest BCUT2D eigenvalue weighted by Crippen LogP contribution is -2.26. The number of hydrogen-bond acceptors (Lipinski definition) is 3. The Hall–Kier alpha value is -2.75. The van der Waals surface area contributed by atoms with Gasteiger partial charge in [0.2, 0.25) is 5.91 Å². The third-order valence-corrected chi connectivity index (χ3v) is 3.74. The minimum Gasteiger partial charge on any atom is -0.497 e. The summed E-state index contributed by atoms with van der Waals surface area (Å²) >= 11 is 0. The molecule has 0 aliphatic carbocycles. The summed E-state index contributed by atoms with van der Waals surface area (Å²) in [7, 11) is 1.62. The van der Waals surface area contributed by atoms with Gasteiger partial charge in [0, 0.05) is 6.08 Å². The smallest absolute Gasteiger partial charge is 0.244 e. The second-order valence-electron chi connectivity index (χ2n) is 5.94. The Kier molecular flexibility index (Phi) is 7.08. The van der Waals surface area contributed by atoms with E-state index < -0.39 is 0 Å². The molecule has 0 saturated heterocycles. The first-order valence-corrected chi connectivity index (χ1v) is 8.42. The minimum absolute atomic E-state index is 0.142. The number of para-hydroxylation sites is 1. The summed E-state index contributed by atoms with van der Waals surface area (Å²) in [4.78, 5) is 11.8. The van der Waals surface area contributed by atoms with Crippen molar-refractivity contribution in [2.75, 3.05) is 20.3 Å². The lowest BCUT2D eigenvalue weighted by atomic mass is 10.0. The van der Waals surface area contributed by atoms with Crippen LogP contribution in [0, 0.1) is 0 Å². The lowest BCUT2D eigenvalue weighted by molar-refractivity contribution is -0.116. The normalized spacial score (nSPS) is 10.9. The highest BCUT2D eigenvalue weighted by atomic mass is 16.5. The first-order valence-electron chi connectivity index (χ1n) is 8.42. The van der Waals surface area contributed by atoms with E-state index in [-0.39, 0.29) is 5.91 Å². The average molecular weight is 339 g/mol. The molecule has 0 bridgehead atoms. The Bertz CT molecular complexity index is 705. The van der Waals surface area contributed by atoms with Crippen molar-refractivity contribution in [2.45, 2.75) is 19.8 Å². The number of carbonyl (C=O) groups is 1. The molecule has 0 atom stereocenters. The number of nitrogens with one attached hydrogen (secondary N) is 1. The summed E-state index contributed by atoms with van der Waals surface area (Å²) in [6.07, 6.45) is 3.29. The maximum Gasteiger partial charge on any atom is 0.244 e. The lowest BCUT2D eigenvalue weighted by Gasteiger charge is -2.13. The van der Waals surface area contributed by atoms with Gasteiger partial charge in [-0.3, -0.25) is 4.79 Å². The second-order valence-corrected chi connectivity index (χ2v) is 5.94. The standard InChI is InChI=1S/C21H25NO3/c1-16(2)19-6-4-5-7-20(19)25-15-14-22-21(23)13-10-17-8-11-18(24-3)12-9-17/h4-13,16H,14-15H2,1-3H3,(H,22,23)/b13-10+. The van der Waals surface area contributed by atoms with Crippen LogP contribution >= 0.6 is 0 Å². The number of rotatable bonds is 8. The summed E-state index contributed by atoms with van der Waals surface area (Å²) in [5, 5.41) is 2.82. The van der Waals surface area contributed by atoms with Crippen LogP contribution in [0.15, 0.2) is 54.6 Å². The molecule has 2 rings (SSSR count). The fourth-order valence-electron chi connectivity index (χ4n) is 2.37. The zero-order valence-corrected chi connectivity index (χ0v) is 15.0. The highest BCUT2D eigenvalue weighted by molar-refractivity contribution is 5.91. The molecule has 0 aliphatic rings. The van der Waals surface area contributed by atoms with Gasteiger partial charge < -0.3 is 14.8 Å². The summed E-state index contributed by atoms with van der Waals surface area (Å²) in [6, 6.07) is 15.5. The molecule has 4 nitrogen and oxygen atoms in total. The van der Waals surface area contributed by atoms with E-state index in [2.05, 4.69) is 25.2 Å². The molecule has 0 aromatic heterocycles. The van der Waals surface area contributed by atoms with Gasteiger partial charge in [-0.05, 0) is 41.3 Å². The highest BCUT2D eigenvalue weighted by Crippen LogP contribution is 2.25.